The number of nitrogens with zero attached hydrogens (tertiary/aromatic N) is 5. The average molecular weight is 444 g/mol. The van der Waals surface area contributed by atoms with E-state index in [-0.39, 0.29) is 46.9 Å². The van der Waals surface area contributed by atoms with Gasteiger partial charge in [0.05, 0.1) is 50.6 Å². The summed E-state index contributed by atoms with van der Waals surface area (Å²) in [6, 6.07) is 4.19. The van der Waals surface area contributed by atoms with E-state index >= 15 is 0 Å². The van der Waals surface area contributed by atoms with Gasteiger partial charge in [0.25, 0.3) is 6.43 Å². The minimum Gasteiger partial charge on any atom is -0.384 e. The van der Waals surface area contributed by atoms with Gasteiger partial charge < -0.3 is 25.0 Å². The summed E-state index contributed by atoms with van der Waals surface area (Å²) in [5.41, 5.74) is 5.72. The fraction of sp³-hybridized carbons (Fsp3) is 0.591. The van der Waals surface area contributed by atoms with Crippen LogP contribution in [0.25, 0.3) is 11.4 Å². The van der Waals surface area contributed by atoms with Crippen LogP contribution in [-0.4, -0.2) is 65.5 Å². The van der Waals surface area contributed by atoms with Gasteiger partial charge in [0.15, 0.2) is 5.82 Å². The van der Waals surface area contributed by atoms with E-state index in [0.717, 1.165) is 37.3 Å². The second kappa shape index (κ2) is 7.77. The van der Waals surface area contributed by atoms with Crippen molar-refractivity contribution < 1.29 is 18.3 Å². The zero-order chi connectivity index (χ0) is 21.8. The van der Waals surface area contributed by atoms with Gasteiger partial charge in [-0.3, -0.25) is 0 Å². The van der Waals surface area contributed by atoms with Crippen molar-refractivity contribution in [3.05, 3.63) is 23.9 Å². The molecule has 4 bridgehead atoms. The number of ether oxygens (including phenoxy) is 2. The maximum absolute atomic E-state index is 13.9. The smallest absolute Gasteiger partial charge is 0.264 e. The lowest BCUT2D eigenvalue weighted by molar-refractivity contribution is 0.0894. The molecule has 8 nitrogen and oxygen atoms in total. The number of morpholine rings is 2. The molecule has 0 amide bonds. The van der Waals surface area contributed by atoms with Crippen LogP contribution in [0.15, 0.2) is 18.3 Å². The normalized spacial score (nSPS) is 29.2. The predicted octanol–water partition coefficient (Wildman–Crippen LogP) is 2.79. The van der Waals surface area contributed by atoms with Crippen LogP contribution in [0.1, 0.15) is 37.7 Å². The number of hydrogen-bond acceptors (Lipinski definition) is 8. The van der Waals surface area contributed by atoms with Crippen molar-refractivity contribution in [1.82, 2.24) is 15.0 Å². The van der Waals surface area contributed by atoms with Crippen LogP contribution in [0.3, 0.4) is 0 Å². The highest BCUT2D eigenvalue weighted by molar-refractivity contribution is 5.67. The first-order valence-electron chi connectivity index (χ1n) is 11.2. The minimum atomic E-state index is -2.70. The molecule has 32 heavy (non-hydrogen) atoms. The highest BCUT2D eigenvalue weighted by Crippen LogP contribution is 2.40. The quantitative estimate of drug-likeness (QED) is 0.770. The summed E-state index contributed by atoms with van der Waals surface area (Å²) < 4.78 is 39.2. The lowest BCUT2D eigenvalue weighted by Crippen LogP contribution is -2.48. The monoisotopic (exact) mass is 444 g/mol. The summed E-state index contributed by atoms with van der Waals surface area (Å²) in [4.78, 5) is 18.2. The third kappa shape index (κ3) is 3.27. The highest BCUT2D eigenvalue weighted by Gasteiger charge is 2.41. The molecule has 10 heteroatoms. The van der Waals surface area contributed by atoms with Crippen molar-refractivity contribution in [3.63, 3.8) is 0 Å². The van der Waals surface area contributed by atoms with Crippen molar-refractivity contribution >= 4 is 17.5 Å². The summed E-state index contributed by atoms with van der Waals surface area (Å²) in [7, 11) is 0. The molecule has 0 aromatic carbocycles. The predicted molar refractivity (Wildman–Crippen MR) is 115 cm³/mol. The van der Waals surface area contributed by atoms with Crippen molar-refractivity contribution in [2.45, 2.75) is 56.3 Å². The lowest BCUT2D eigenvalue weighted by Gasteiger charge is -2.38. The third-order valence-electron chi connectivity index (χ3n) is 7.14. The molecular formula is C22H26F2N6O2. The Morgan fingerprint density at radius 2 is 1.34 bits per heavy atom. The number of fused-ring (bicyclic) bond motifs is 4. The van der Waals surface area contributed by atoms with Crippen LogP contribution in [-0.2, 0) is 9.47 Å². The van der Waals surface area contributed by atoms with Gasteiger partial charge in [0, 0.05) is 23.4 Å². The molecular weight excluding hydrogens is 418 g/mol. The lowest BCUT2D eigenvalue weighted by atomic mass is 10.1. The fourth-order valence-electron chi connectivity index (χ4n) is 5.67. The van der Waals surface area contributed by atoms with E-state index in [1.54, 1.807) is 0 Å². The maximum Gasteiger partial charge on any atom is 0.264 e. The first-order chi connectivity index (χ1) is 15.6. The largest absolute Gasteiger partial charge is 0.384 e. The number of aromatic nitrogens is 3. The molecule has 0 aliphatic carbocycles. The molecule has 170 valence electrons. The summed E-state index contributed by atoms with van der Waals surface area (Å²) in [5, 5.41) is 0. The van der Waals surface area contributed by atoms with Gasteiger partial charge in [-0.05, 0) is 31.7 Å². The Hall–Kier alpha value is -2.59. The second-order valence-corrected chi connectivity index (χ2v) is 9.06. The van der Waals surface area contributed by atoms with E-state index in [1.807, 2.05) is 6.07 Å². The first-order valence-corrected chi connectivity index (χ1v) is 11.2. The van der Waals surface area contributed by atoms with Gasteiger partial charge in [0.2, 0.25) is 0 Å². The first kappa shape index (κ1) is 20.0. The molecule has 2 N–H and O–H groups in total. The SMILES string of the molecule is Nc1cc(C(F)F)c(-c2nc(N3C4CCC3COC4)cc(N3C4CCC3COC4)n2)cn1. The van der Waals surface area contributed by atoms with Crippen LogP contribution in [0.2, 0.25) is 0 Å². The van der Waals surface area contributed by atoms with Crippen molar-refractivity contribution in [3.8, 4) is 11.4 Å². The number of nitrogen functional groups attached to an aromatic ring is 1. The Morgan fingerprint density at radius 3 is 1.81 bits per heavy atom. The molecule has 4 atom stereocenters. The molecule has 4 saturated heterocycles. The van der Waals surface area contributed by atoms with Gasteiger partial charge in [-0.15, -0.1) is 0 Å². The number of rotatable bonds is 4. The minimum absolute atomic E-state index is 0.0536. The Morgan fingerprint density at radius 1 is 0.844 bits per heavy atom. The molecule has 0 radical (unpaired) electrons. The Balaban J connectivity index is 1.49. The maximum atomic E-state index is 13.9. The Kier molecular flexibility index (Phi) is 4.87. The molecule has 0 spiro atoms. The number of alkyl halides is 2. The summed E-state index contributed by atoms with van der Waals surface area (Å²) in [6.07, 6.45) is 2.80. The molecule has 6 rings (SSSR count). The summed E-state index contributed by atoms with van der Waals surface area (Å²) in [6.45, 7) is 2.61. The van der Waals surface area contributed by atoms with Gasteiger partial charge in [-0.1, -0.05) is 0 Å². The Bertz CT molecular complexity index is 944. The van der Waals surface area contributed by atoms with E-state index in [0.29, 0.717) is 26.4 Å². The second-order valence-electron chi connectivity index (χ2n) is 9.06. The molecule has 2 aromatic heterocycles. The van der Waals surface area contributed by atoms with Crippen molar-refractivity contribution in [2.75, 3.05) is 42.0 Å². The molecule has 6 heterocycles. The van der Waals surface area contributed by atoms with Gasteiger partial charge >= 0.3 is 0 Å². The van der Waals surface area contributed by atoms with Crippen LogP contribution >= 0.6 is 0 Å². The Labute approximate surface area is 184 Å². The topological polar surface area (TPSA) is 89.6 Å². The molecule has 4 aliphatic heterocycles. The van der Waals surface area contributed by atoms with Crippen LogP contribution in [0, 0.1) is 0 Å². The summed E-state index contributed by atoms with van der Waals surface area (Å²) >= 11 is 0. The zero-order valence-corrected chi connectivity index (χ0v) is 17.7. The number of nitrogens with two attached hydrogens (primary N) is 1. The summed E-state index contributed by atoms with van der Waals surface area (Å²) in [5.74, 6) is 1.85. The van der Waals surface area contributed by atoms with E-state index in [9.17, 15) is 8.78 Å². The average Bonchev–Trinajstić information content (AvgIpc) is 3.20. The third-order valence-corrected chi connectivity index (χ3v) is 7.14. The van der Waals surface area contributed by atoms with Crippen LogP contribution < -0.4 is 15.5 Å². The molecule has 4 aliphatic rings. The van der Waals surface area contributed by atoms with Gasteiger partial charge in [-0.2, -0.15) is 0 Å². The fourth-order valence-corrected chi connectivity index (χ4v) is 5.67. The van der Waals surface area contributed by atoms with Crippen molar-refractivity contribution in [1.29, 1.82) is 0 Å². The van der Waals surface area contributed by atoms with Crippen LogP contribution in [0.4, 0.5) is 26.2 Å². The standard InChI is InChI=1S/C22H26F2N6O2/c23-21(24)16-5-18(25)26-7-17(16)22-27-19(29-12-1-2-13(29)9-31-8-12)6-20(28-22)30-14-3-4-15(30)11-32-10-14/h5-7,12-15,21H,1-4,8-11H2,(H2,25,26). The number of anilines is 3. The van der Waals surface area contributed by atoms with Gasteiger partial charge in [-0.25, -0.2) is 23.7 Å². The van der Waals surface area contributed by atoms with E-state index in [4.69, 9.17) is 25.2 Å². The highest BCUT2D eigenvalue weighted by atomic mass is 19.3. The molecule has 2 aromatic rings. The number of pyridine rings is 1. The zero-order valence-electron chi connectivity index (χ0n) is 17.7. The molecule has 4 fully saturated rings. The van der Waals surface area contributed by atoms with Gasteiger partial charge in [0.1, 0.15) is 17.5 Å². The van der Waals surface area contributed by atoms with E-state index < -0.39 is 6.43 Å². The molecule has 4 unspecified atom stereocenters. The molecule has 0 saturated carbocycles. The van der Waals surface area contributed by atoms with Crippen molar-refractivity contribution in [2.24, 2.45) is 0 Å². The van der Waals surface area contributed by atoms with Crippen LogP contribution in [0.5, 0.6) is 0 Å². The van der Waals surface area contributed by atoms with E-state index in [1.165, 1.54) is 12.3 Å². The number of halogens is 2. The van der Waals surface area contributed by atoms with E-state index in [2.05, 4.69) is 14.8 Å². The number of hydrogen-bond donors (Lipinski definition) is 1.